The first kappa shape index (κ1) is 17.4. The van der Waals surface area contributed by atoms with E-state index in [0.29, 0.717) is 0 Å². The fraction of sp³-hybridized carbons (Fsp3) is 0.545. The molecule has 0 saturated carbocycles. The van der Waals surface area contributed by atoms with Crippen LogP contribution >= 0.6 is 0 Å². The van der Waals surface area contributed by atoms with Crippen LogP contribution < -0.4 is 10.2 Å². The van der Waals surface area contributed by atoms with Gasteiger partial charge < -0.3 is 15.0 Å². The molecule has 1 atom stereocenters. The summed E-state index contributed by atoms with van der Waals surface area (Å²) in [4.78, 5) is 8.33. The van der Waals surface area contributed by atoms with Crippen LogP contribution in [0.5, 0.6) is 0 Å². The number of carbonyl (C=O) groups is 1. The van der Waals surface area contributed by atoms with Gasteiger partial charge in [0.1, 0.15) is 0 Å². The SMILES string of the molecule is C=C(C)C1CC=C(C)CC1.O=C([O-])[O-].[Ca+2]. The topological polar surface area (TPSA) is 63.2 Å². The number of rotatable bonds is 1. The summed E-state index contributed by atoms with van der Waals surface area (Å²) in [6.45, 7) is 8.33. The fourth-order valence-electron chi connectivity index (χ4n) is 1.41. The van der Waals surface area contributed by atoms with Crippen LogP contribution in [0.25, 0.3) is 0 Å². The molecule has 0 bridgehead atoms. The molecular weight excluding hydrogens is 220 g/mol. The monoisotopic (exact) mass is 236 g/mol. The molecule has 0 aromatic rings. The molecule has 0 saturated heterocycles. The third kappa shape index (κ3) is 10.3. The first-order valence-corrected chi connectivity index (χ1v) is 4.62. The maximum Gasteiger partial charge on any atom is 2.00 e. The maximum absolute atomic E-state index is 8.33. The zero-order chi connectivity index (χ0) is 11.1. The molecule has 80 valence electrons. The van der Waals surface area contributed by atoms with Crippen molar-refractivity contribution in [1.82, 2.24) is 0 Å². The van der Waals surface area contributed by atoms with Gasteiger partial charge in [-0.05, 0) is 45.2 Å². The molecule has 0 aliphatic heterocycles. The van der Waals surface area contributed by atoms with Crippen LogP contribution in [0.15, 0.2) is 23.8 Å². The van der Waals surface area contributed by atoms with Gasteiger partial charge in [-0.2, -0.15) is 0 Å². The van der Waals surface area contributed by atoms with Gasteiger partial charge in [-0.15, -0.1) is 0 Å². The van der Waals surface area contributed by atoms with Crippen molar-refractivity contribution in [2.75, 3.05) is 0 Å². The van der Waals surface area contributed by atoms with Gasteiger partial charge in [0, 0.05) is 0 Å². The van der Waals surface area contributed by atoms with Crippen molar-refractivity contribution in [3.63, 3.8) is 0 Å². The Kier molecular flexibility index (Phi) is 10.7. The number of hydrogen-bond acceptors (Lipinski definition) is 3. The predicted molar refractivity (Wildman–Crippen MR) is 57.1 cm³/mol. The number of carboxylic acid groups (broad SMARTS) is 2. The standard InChI is InChI=1S/C10H16.CH2O3.Ca/c1-8(2)10-6-4-9(3)5-7-10;2-1(3)4;/h4,10H,1,5-7H2,2-3H3;(H2,2,3,4);/q;;+2/p-2. The van der Waals surface area contributed by atoms with Gasteiger partial charge in [0.25, 0.3) is 0 Å². The third-order valence-corrected chi connectivity index (χ3v) is 2.33. The van der Waals surface area contributed by atoms with E-state index in [2.05, 4.69) is 26.5 Å². The van der Waals surface area contributed by atoms with E-state index in [1.165, 1.54) is 24.8 Å². The average molecular weight is 236 g/mol. The maximum atomic E-state index is 8.33. The predicted octanol–water partition coefficient (Wildman–Crippen LogP) is 0.481. The molecule has 0 amide bonds. The molecule has 4 heteroatoms. The summed E-state index contributed by atoms with van der Waals surface area (Å²) in [6.07, 6.45) is 3.83. The normalized spacial score (nSPS) is 18.8. The summed E-state index contributed by atoms with van der Waals surface area (Å²) in [5.41, 5.74) is 2.90. The van der Waals surface area contributed by atoms with Crippen molar-refractivity contribution in [1.29, 1.82) is 0 Å². The molecule has 0 fully saturated rings. The van der Waals surface area contributed by atoms with Crippen LogP contribution in [0.4, 0.5) is 4.79 Å². The van der Waals surface area contributed by atoms with E-state index in [9.17, 15) is 0 Å². The van der Waals surface area contributed by atoms with Gasteiger partial charge in [-0.25, -0.2) is 0 Å². The van der Waals surface area contributed by atoms with Gasteiger partial charge in [0.2, 0.25) is 0 Å². The quantitative estimate of drug-likeness (QED) is 0.491. The molecule has 0 aromatic carbocycles. The van der Waals surface area contributed by atoms with Gasteiger partial charge in [-0.3, -0.25) is 0 Å². The van der Waals surface area contributed by atoms with Crippen molar-refractivity contribution in [2.24, 2.45) is 5.92 Å². The Balaban J connectivity index is 0. The van der Waals surface area contributed by atoms with Crippen molar-refractivity contribution < 1.29 is 15.0 Å². The summed E-state index contributed by atoms with van der Waals surface area (Å²) in [5.74, 6) is 0.767. The van der Waals surface area contributed by atoms with Crippen molar-refractivity contribution in [2.45, 2.75) is 33.1 Å². The molecule has 15 heavy (non-hydrogen) atoms. The molecule has 0 aromatic heterocycles. The molecule has 1 aliphatic carbocycles. The number of hydrogen-bond donors (Lipinski definition) is 0. The average Bonchev–Trinajstić information content (AvgIpc) is 2.03. The Hall–Kier alpha value is 0.00974. The van der Waals surface area contributed by atoms with Gasteiger partial charge in [0.15, 0.2) is 0 Å². The fourth-order valence-corrected chi connectivity index (χ4v) is 1.41. The first-order valence-electron chi connectivity index (χ1n) is 4.62. The van der Waals surface area contributed by atoms with Gasteiger partial charge in [-0.1, -0.05) is 23.8 Å². The molecule has 1 unspecified atom stereocenters. The summed E-state index contributed by atoms with van der Waals surface area (Å²) in [6, 6.07) is 0. The van der Waals surface area contributed by atoms with Crippen molar-refractivity contribution in [3.8, 4) is 0 Å². The van der Waals surface area contributed by atoms with E-state index < -0.39 is 6.16 Å². The van der Waals surface area contributed by atoms with Crippen LogP contribution in [0.2, 0.25) is 0 Å². The van der Waals surface area contributed by atoms with E-state index in [4.69, 9.17) is 15.0 Å². The second-order valence-electron chi connectivity index (χ2n) is 3.62. The molecule has 3 nitrogen and oxygen atoms in total. The summed E-state index contributed by atoms with van der Waals surface area (Å²) < 4.78 is 0. The van der Waals surface area contributed by atoms with Crippen LogP contribution in [-0.2, 0) is 0 Å². The zero-order valence-electron chi connectivity index (χ0n) is 9.41. The molecule has 0 spiro atoms. The van der Waals surface area contributed by atoms with Gasteiger partial charge >= 0.3 is 37.7 Å². The molecule has 0 N–H and O–H groups in total. The Morgan fingerprint density at radius 2 is 2.00 bits per heavy atom. The number of carbonyl (C=O) groups excluding carboxylic acids is 1. The van der Waals surface area contributed by atoms with Crippen molar-refractivity contribution >= 4 is 43.9 Å². The summed E-state index contributed by atoms with van der Waals surface area (Å²) in [7, 11) is 0. The molecule has 0 heterocycles. The number of allylic oxidation sites excluding steroid dienone is 3. The Morgan fingerprint density at radius 3 is 2.27 bits per heavy atom. The van der Waals surface area contributed by atoms with Crippen LogP contribution in [0.3, 0.4) is 0 Å². The van der Waals surface area contributed by atoms with E-state index in [1.54, 1.807) is 5.57 Å². The molecule has 1 aliphatic rings. The summed E-state index contributed by atoms with van der Waals surface area (Å²) in [5, 5.41) is 16.7. The third-order valence-electron chi connectivity index (χ3n) is 2.33. The van der Waals surface area contributed by atoms with Crippen LogP contribution in [-0.4, -0.2) is 43.9 Å². The molecule has 0 radical (unpaired) electrons. The molecule has 1 rings (SSSR count). The largest absolute Gasteiger partial charge is 2.00 e. The summed E-state index contributed by atoms with van der Waals surface area (Å²) >= 11 is 0. The second kappa shape index (κ2) is 9.25. The van der Waals surface area contributed by atoms with Crippen molar-refractivity contribution in [3.05, 3.63) is 23.8 Å². The van der Waals surface area contributed by atoms with Crippen LogP contribution in [0, 0.1) is 5.92 Å². The smallest absolute Gasteiger partial charge is 0.652 e. The van der Waals surface area contributed by atoms with E-state index >= 15 is 0 Å². The Morgan fingerprint density at radius 1 is 1.53 bits per heavy atom. The second-order valence-corrected chi connectivity index (χ2v) is 3.62. The van der Waals surface area contributed by atoms with Gasteiger partial charge in [0.05, 0.1) is 0 Å². The van der Waals surface area contributed by atoms with E-state index in [0.717, 1.165) is 5.92 Å². The van der Waals surface area contributed by atoms with E-state index in [-0.39, 0.29) is 37.7 Å². The minimum absolute atomic E-state index is 0. The van der Waals surface area contributed by atoms with Crippen LogP contribution in [0.1, 0.15) is 33.1 Å². The molecular formula is C11H16CaO3. The first-order chi connectivity index (χ1) is 6.43. The zero-order valence-corrected chi connectivity index (χ0v) is 11.6. The Labute approximate surface area is 121 Å². The minimum Gasteiger partial charge on any atom is -0.652 e. The Bertz CT molecular complexity index is 242. The minimum atomic E-state index is -2.33. The van der Waals surface area contributed by atoms with E-state index in [1.807, 2.05) is 0 Å².